The first-order valence-electron chi connectivity index (χ1n) is 8.18. The van der Waals surface area contributed by atoms with Crippen LogP contribution in [0.15, 0.2) is 44.9 Å². The fourth-order valence-electron chi connectivity index (χ4n) is 2.02. The highest BCUT2D eigenvalue weighted by molar-refractivity contribution is 7.91. The van der Waals surface area contributed by atoms with Crippen LogP contribution in [-0.4, -0.2) is 43.8 Å². The Morgan fingerprint density at radius 3 is 2.55 bits per heavy atom. The Hall–Kier alpha value is -3.59. The van der Waals surface area contributed by atoms with E-state index in [1.54, 1.807) is 6.07 Å². The molecule has 0 saturated heterocycles. The van der Waals surface area contributed by atoms with E-state index in [0.29, 0.717) is 0 Å². The minimum Gasteiger partial charge on any atom is -0.481 e. The van der Waals surface area contributed by atoms with Gasteiger partial charge in [0, 0.05) is 12.8 Å². The molecule has 0 aliphatic carbocycles. The number of aliphatic carboxylic acids is 1. The first kappa shape index (κ1) is 21.7. The summed E-state index contributed by atoms with van der Waals surface area (Å²) in [4.78, 5) is 21.3. The largest absolute Gasteiger partial charge is 0.481 e. The lowest BCUT2D eigenvalue weighted by Crippen LogP contribution is -2.30. The molecular weight excluding hydrogens is 408 g/mol. The third-order valence-electron chi connectivity index (χ3n) is 3.34. The van der Waals surface area contributed by atoms with Crippen LogP contribution in [0.25, 0.3) is 0 Å². The summed E-state index contributed by atoms with van der Waals surface area (Å²) in [6, 6.07) is 7.20. The van der Waals surface area contributed by atoms with Gasteiger partial charge in [-0.15, -0.1) is 0 Å². The minimum absolute atomic E-state index is 0.0480. The van der Waals surface area contributed by atoms with Gasteiger partial charge >= 0.3 is 22.8 Å². The van der Waals surface area contributed by atoms with Crippen LogP contribution in [0.5, 0.6) is 5.88 Å². The van der Waals surface area contributed by atoms with Crippen molar-refractivity contribution in [1.82, 2.24) is 5.16 Å². The van der Waals surface area contributed by atoms with Crippen molar-refractivity contribution in [3.8, 4) is 17.7 Å². The number of sulfone groups is 1. The lowest BCUT2D eigenvalue weighted by Gasteiger charge is -2.01. The second kappa shape index (κ2) is 10.1. The van der Waals surface area contributed by atoms with Crippen LogP contribution < -0.4 is 9.64 Å². The summed E-state index contributed by atoms with van der Waals surface area (Å²) in [5, 5.41) is 22.6. The quantitative estimate of drug-likeness (QED) is 0.337. The number of carbonyl (C=O) groups is 2. The summed E-state index contributed by atoms with van der Waals surface area (Å²) in [6.45, 7) is -0.606. The van der Waals surface area contributed by atoms with E-state index in [4.69, 9.17) is 14.6 Å². The van der Waals surface area contributed by atoms with Gasteiger partial charge in [-0.25, -0.2) is 8.42 Å². The molecule has 1 N–H and O–H groups in total. The molecule has 1 aromatic carbocycles. The number of nitrogens with zero attached hydrogens (tertiary/aromatic N) is 2. The smallest absolute Gasteiger partial charge is 0.415 e. The fraction of sp³-hybridized carbons (Fsp3) is 0.294. The predicted molar refractivity (Wildman–Crippen MR) is 93.1 cm³/mol. The molecule has 29 heavy (non-hydrogen) atoms. The Balaban J connectivity index is 1.90. The summed E-state index contributed by atoms with van der Waals surface area (Å²) in [5.74, 6) is 2.76. The third kappa shape index (κ3) is 6.22. The zero-order valence-corrected chi connectivity index (χ0v) is 15.8. The molecule has 0 bridgehead atoms. The number of ether oxygens (including phenoxy) is 2. The second-order valence-corrected chi connectivity index (χ2v) is 7.27. The molecule has 0 amide bonds. The van der Waals surface area contributed by atoms with Crippen LogP contribution in [0, 0.1) is 17.0 Å². The Bertz CT molecular complexity index is 1020. The monoisotopic (exact) mass is 424 g/mol. The van der Waals surface area contributed by atoms with Gasteiger partial charge in [0.25, 0.3) is 9.84 Å². The number of carboxylic acids is 1. The molecule has 2 aromatic rings. The molecule has 0 spiro atoms. The van der Waals surface area contributed by atoms with Crippen molar-refractivity contribution in [2.24, 2.45) is 0 Å². The Labute approximate surface area is 165 Å². The van der Waals surface area contributed by atoms with Crippen molar-refractivity contribution >= 4 is 21.8 Å². The first-order valence-corrected chi connectivity index (χ1v) is 9.66. The molecule has 0 unspecified atom stereocenters. The molecule has 0 fully saturated rings. The van der Waals surface area contributed by atoms with Gasteiger partial charge in [-0.2, -0.15) is 0 Å². The maximum Gasteiger partial charge on any atom is 0.415 e. The number of hydrogen-bond acceptors (Lipinski definition) is 9. The van der Waals surface area contributed by atoms with Crippen molar-refractivity contribution in [1.29, 1.82) is 0 Å². The maximum atomic E-state index is 12.5. The molecule has 1 aromatic heterocycles. The van der Waals surface area contributed by atoms with Crippen LogP contribution in [0.4, 0.5) is 0 Å². The number of aromatic nitrogens is 2. The topological polar surface area (TPSA) is 160 Å². The summed E-state index contributed by atoms with van der Waals surface area (Å²) < 4.78 is 39.3. The zero-order valence-electron chi connectivity index (χ0n) is 14.9. The number of carboxylic acid groups (broad SMARTS) is 1. The number of benzene rings is 1. The highest BCUT2D eigenvalue weighted by Crippen LogP contribution is 2.24. The molecular formula is C17H16N2O9S. The van der Waals surface area contributed by atoms with Gasteiger partial charge in [0.2, 0.25) is 0 Å². The molecule has 154 valence electrons. The molecule has 1 heterocycles. The molecule has 0 aliphatic heterocycles. The number of esters is 1. The minimum atomic E-state index is -4.22. The lowest BCUT2D eigenvalue weighted by atomic mass is 10.2. The highest BCUT2D eigenvalue weighted by Gasteiger charge is 2.35. The SMILES string of the molecule is O=C(O)CCCC(=O)OCC#CCOc1no[n+]([O-])c1S(=O)(=O)c1ccccc1. The van der Waals surface area contributed by atoms with Crippen LogP contribution >= 0.6 is 0 Å². The molecule has 0 atom stereocenters. The lowest BCUT2D eigenvalue weighted by molar-refractivity contribution is -0.832. The number of carbonyl (C=O) groups excluding carboxylic acids is 1. The van der Waals surface area contributed by atoms with E-state index >= 15 is 0 Å². The van der Waals surface area contributed by atoms with E-state index in [-0.39, 0.29) is 42.3 Å². The molecule has 11 nitrogen and oxygen atoms in total. The highest BCUT2D eigenvalue weighted by atomic mass is 32.2. The van der Waals surface area contributed by atoms with E-state index in [0.717, 1.165) is 0 Å². The van der Waals surface area contributed by atoms with Crippen molar-refractivity contribution < 1.29 is 42.1 Å². The van der Waals surface area contributed by atoms with Crippen molar-refractivity contribution in [3.05, 3.63) is 35.5 Å². The van der Waals surface area contributed by atoms with Gasteiger partial charge in [-0.1, -0.05) is 30.0 Å². The molecule has 0 saturated carbocycles. The van der Waals surface area contributed by atoms with Gasteiger partial charge < -0.3 is 19.8 Å². The standard InChI is InChI=1S/C17H16N2O9S/c20-14(21)9-6-10-15(22)26-11-4-5-12-27-16-17(19(23)28-18-16)29(24,25)13-7-2-1-3-8-13/h1-3,7-8H,6,9-12H2,(H,20,21). The van der Waals surface area contributed by atoms with Crippen LogP contribution in [-0.2, 0) is 24.2 Å². The zero-order chi connectivity index (χ0) is 21.3. The van der Waals surface area contributed by atoms with Crippen LogP contribution in [0.2, 0.25) is 0 Å². The Morgan fingerprint density at radius 2 is 1.86 bits per heavy atom. The summed E-state index contributed by atoms with van der Waals surface area (Å²) in [6.07, 6.45) is -0.0292. The Kier molecular flexibility index (Phi) is 7.55. The maximum absolute atomic E-state index is 12.5. The van der Waals surface area contributed by atoms with Gasteiger partial charge in [0.1, 0.15) is 0 Å². The molecule has 12 heteroatoms. The normalized spacial score (nSPS) is 10.6. The predicted octanol–water partition coefficient (Wildman–Crippen LogP) is 0.321. The second-order valence-electron chi connectivity index (χ2n) is 5.41. The summed E-state index contributed by atoms with van der Waals surface area (Å²) >= 11 is 0. The van der Waals surface area contributed by atoms with Gasteiger partial charge in [-0.3, -0.25) is 14.2 Å². The van der Waals surface area contributed by atoms with E-state index in [9.17, 15) is 23.2 Å². The van der Waals surface area contributed by atoms with E-state index in [2.05, 4.69) is 21.6 Å². The van der Waals surface area contributed by atoms with Crippen LogP contribution in [0.1, 0.15) is 19.3 Å². The van der Waals surface area contributed by atoms with Crippen molar-refractivity contribution in [2.45, 2.75) is 29.2 Å². The van der Waals surface area contributed by atoms with Gasteiger partial charge in [-0.05, 0) is 23.5 Å². The van der Waals surface area contributed by atoms with Crippen molar-refractivity contribution in [3.63, 3.8) is 0 Å². The summed E-state index contributed by atoms with van der Waals surface area (Å²) in [5.41, 5.74) is 0. The average molecular weight is 424 g/mol. The van der Waals surface area contributed by atoms with Crippen LogP contribution in [0.3, 0.4) is 0 Å². The van der Waals surface area contributed by atoms with Gasteiger partial charge in [0.05, 0.1) is 10.1 Å². The fourth-order valence-corrected chi connectivity index (χ4v) is 3.31. The number of hydrogen-bond donors (Lipinski definition) is 1. The van der Waals surface area contributed by atoms with E-state index in [1.165, 1.54) is 24.3 Å². The molecule has 0 aliphatic rings. The molecule has 0 radical (unpaired) electrons. The third-order valence-corrected chi connectivity index (χ3v) is 5.06. The van der Waals surface area contributed by atoms with E-state index in [1.807, 2.05) is 0 Å². The Morgan fingerprint density at radius 1 is 1.17 bits per heavy atom. The van der Waals surface area contributed by atoms with Gasteiger partial charge in [0.15, 0.2) is 13.2 Å². The number of rotatable bonds is 9. The summed E-state index contributed by atoms with van der Waals surface area (Å²) in [7, 11) is -4.22. The first-order chi connectivity index (χ1) is 13.8. The molecule has 2 rings (SSSR count). The van der Waals surface area contributed by atoms with Crippen molar-refractivity contribution in [2.75, 3.05) is 13.2 Å². The van der Waals surface area contributed by atoms with E-state index < -0.39 is 32.7 Å². The average Bonchev–Trinajstić information content (AvgIpc) is 3.06.